The number of carbonyl (C=O) groups is 1. The molecule has 1 aliphatic rings. The first kappa shape index (κ1) is 19.7. The molecule has 0 saturated carbocycles. The number of nitrogens with zero attached hydrogens (tertiary/aromatic N) is 2. The summed E-state index contributed by atoms with van der Waals surface area (Å²) in [7, 11) is 1.61. The van der Waals surface area contributed by atoms with Crippen molar-refractivity contribution in [2.24, 2.45) is 0 Å². The highest BCUT2D eigenvalue weighted by atomic mass is 35.5. The van der Waals surface area contributed by atoms with E-state index in [9.17, 15) is 4.79 Å². The number of ether oxygens (including phenoxy) is 1. The molecule has 2 aromatic rings. The van der Waals surface area contributed by atoms with Crippen LogP contribution < -0.4 is 10.1 Å². The molecular weight excluding hydrogens is 358 g/mol. The minimum absolute atomic E-state index is 0. The van der Waals surface area contributed by atoms with Gasteiger partial charge >= 0.3 is 0 Å². The number of halogens is 1. The molecule has 5 nitrogen and oxygen atoms in total. The number of nitrogens with one attached hydrogen (secondary N) is 1. The lowest BCUT2D eigenvalue weighted by molar-refractivity contribution is 0.0644. The van der Waals surface area contributed by atoms with Gasteiger partial charge in [-0.05, 0) is 55.9 Å². The Morgan fingerprint density at radius 3 is 3.00 bits per heavy atom. The molecule has 0 spiro atoms. The summed E-state index contributed by atoms with van der Waals surface area (Å²) in [5.74, 6) is 0.696. The smallest absolute Gasteiger partial charge is 0.268 e. The second-order valence-corrected chi connectivity index (χ2v) is 6.82. The molecule has 136 valence electrons. The quantitative estimate of drug-likeness (QED) is 0.862. The van der Waals surface area contributed by atoms with Gasteiger partial charge < -0.3 is 15.0 Å². The Hall–Kier alpha value is -1.63. The van der Waals surface area contributed by atoms with Crippen molar-refractivity contribution >= 4 is 29.7 Å². The molecule has 1 atom stereocenters. The SMILES string of the molecule is COc1ccsc1C(=O)N(Cc1ccccn1)C1CCCNCC1.Cl. The average molecular weight is 382 g/mol. The van der Waals surface area contributed by atoms with Gasteiger partial charge in [0.15, 0.2) is 0 Å². The average Bonchev–Trinajstić information content (AvgIpc) is 2.94. The second-order valence-electron chi connectivity index (χ2n) is 5.91. The molecule has 1 fully saturated rings. The molecule has 2 aromatic heterocycles. The Morgan fingerprint density at radius 1 is 1.36 bits per heavy atom. The van der Waals surface area contributed by atoms with E-state index in [0.717, 1.165) is 38.0 Å². The maximum atomic E-state index is 13.2. The van der Waals surface area contributed by atoms with Crippen LogP contribution in [0.3, 0.4) is 0 Å². The highest BCUT2D eigenvalue weighted by molar-refractivity contribution is 7.12. The van der Waals surface area contributed by atoms with Gasteiger partial charge in [0.25, 0.3) is 5.91 Å². The molecule has 3 rings (SSSR count). The third-order valence-corrected chi connectivity index (χ3v) is 5.23. The normalized spacial score (nSPS) is 17.2. The first-order valence-electron chi connectivity index (χ1n) is 8.32. The third-order valence-electron chi connectivity index (χ3n) is 4.35. The number of methoxy groups -OCH3 is 1. The van der Waals surface area contributed by atoms with Crippen molar-refractivity contribution in [1.29, 1.82) is 0 Å². The van der Waals surface area contributed by atoms with E-state index in [1.807, 2.05) is 34.5 Å². The van der Waals surface area contributed by atoms with E-state index in [-0.39, 0.29) is 24.4 Å². The number of hydrogen-bond acceptors (Lipinski definition) is 5. The fraction of sp³-hybridized carbons (Fsp3) is 0.444. The summed E-state index contributed by atoms with van der Waals surface area (Å²) in [6, 6.07) is 7.91. The maximum absolute atomic E-state index is 13.2. The predicted octanol–water partition coefficient (Wildman–Crippen LogP) is 3.36. The molecule has 0 aromatic carbocycles. The second kappa shape index (κ2) is 9.75. The summed E-state index contributed by atoms with van der Waals surface area (Å²) in [5.41, 5.74) is 0.915. The van der Waals surface area contributed by atoms with Gasteiger partial charge in [0, 0.05) is 12.2 Å². The molecule has 1 aliphatic heterocycles. The van der Waals surface area contributed by atoms with Gasteiger partial charge in [-0.2, -0.15) is 0 Å². The van der Waals surface area contributed by atoms with Crippen LogP contribution in [-0.4, -0.2) is 42.0 Å². The van der Waals surface area contributed by atoms with Crippen molar-refractivity contribution in [3.63, 3.8) is 0 Å². The Morgan fingerprint density at radius 2 is 2.24 bits per heavy atom. The summed E-state index contributed by atoms with van der Waals surface area (Å²) in [6.07, 6.45) is 4.84. The molecule has 1 amide bonds. The number of pyridine rings is 1. The Bertz CT molecular complexity index is 657. The summed E-state index contributed by atoms with van der Waals surface area (Å²) >= 11 is 1.44. The largest absolute Gasteiger partial charge is 0.495 e. The van der Waals surface area contributed by atoms with Crippen LogP contribution in [0.5, 0.6) is 5.75 Å². The number of thiophene rings is 1. The van der Waals surface area contributed by atoms with Gasteiger partial charge in [-0.3, -0.25) is 9.78 Å². The topological polar surface area (TPSA) is 54.5 Å². The van der Waals surface area contributed by atoms with Crippen LogP contribution in [0.4, 0.5) is 0 Å². The first-order valence-corrected chi connectivity index (χ1v) is 9.20. The first-order chi connectivity index (χ1) is 11.8. The van der Waals surface area contributed by atoms with Crippen molar-refractivity contribution in [3.05, 3.63) is 46.4 Å². The van der Waals surface area contributed by atoms with Gasteiger partial charge in [-0.15, -0.1) is 23.7 Å². The fourth-order valence-corrected chi connectivity index (χ4v) is 3.90. The van der Waals surface area contributed by atoms with Crippen LogP contribution in [0.25, 0.3) is 0 Å². The Labute approximate surface area is 158 Å². The molecule has 1 N–H and O–H groups in total. The van der Waals surface area contributed by atoms with E-state index in [2.05, 4.69) is 10.3 Å². The molecule has 25 heavy (non-hydrogen) atoms. The van der Waals surface area contributed by atoms with E-state index in [4.69, 9.17) is 4.74 Å². The lowest BCUT2D eigenvalue weighted by Crippen LogP contribution is -2.40. The number of amides is 1. The van der Waals surface area contributed by atoms with E-state index in [1.165, 1.54) is 11.3 Å². The molecule has 0 bridgehead atoms. The van der Waals surface area contributed by atoms with Crippen LogP contribution in [-0.2, 0) is 6.54 Å². The summed E-state index contributed by atoms with van der Waals surface area (Å²) in [6.45, 7) is 2.49. The molecule has 1 saturated heterocycles. The van der Waals surface area contributed by atoms with Gasteiger partial charge in [-0.25, -0.2) is 0 Å². The number of hydrogen-bond donors (Lipinski definition) is 1. The minimum atomic E-state index is 0. The molecule has 0 aliphatic carbocycles. The van der Waals surface area contributed by atoms with Gasteiger partial charge in [-0.1, -0.05) is 6.07 Å². The van der Waals surface area contributed by atoms with Crippen LogP contribution in [0.15, 0.2) is 35.8 Å². The highest BCUT2D eigenvalue weighted by Crippen LogP contribution is 2.28. The van der Waals surface area contributed by atoms with E-state index in [1.54, 1.807) is 13.3 Å². The van der Waals surface area contributed by atoms with Crippen molar-refractivity contribution < 1.29 is 9.53 Å². The predicted molar refractivity (Wildman–Crippen MR) is 103 cm³/mol. The molecule has 1 unspecified atom stereocenters. The number of aromatic nitrogens is 1. The summed E-state index contributed by atoms with van der Waals surface area (Å²) < 4.78 is 5.35. The lowest BCUT2D eigenvalue weighted by Gasteiger charge is -2.30. The van der Waals surface area contributed by atoms with Crippen LogP contribution >= 0.6 is 23.7 Å². The van der Waals surface area contributed by atoms with Gasteiger partial charge in [0.2, 0.25) is 0 Å². The Kier molecular flexibility index (Phi) is 7.68. The maximum Gasteiger partial charge on any atom is 0.268 e. The lowest BCUT2D eigenvalue weighted by atomic mass is 10.1. The molecular formula is C18H24ClN3O2S. The van der Waals surface area contributed by atoms with Gasteiger partial charge in [0.1, 0.15) is 10.6 Å². The van der Waals surface area contributed by atoms with Crippen molar-refractivity contribution in [3.8, 4) is 5.75 Å². The molecule has 0 radical (unpaired) electrons. The summed E-state index contributed by atoms with van der Waals surface area (Å²) in [4.78, 5) is 20.3. The minimum Gasteiger partial charge on any atom is -0.495 e. The molecule has 3 heterocycles. The standard InChI is InChI=1S/C18H23N3O2S.ClH/c1-23-16-8-12-24-17(16)18(22)21(13-14-5-2-3-10-20-14)15-6-4-9-19-11-7-15;/h2-3,5,8,10,12,15,19H,4,6-7,9,11,13H2,1H3;1H. The van der Waals surface area contributed by atoms with Crippen molar-refractivity contribution in [2.45, 2.75) is 31.8 Å². The molecule has 7 heteroatoms. The van der Waals surface area contributed by atoms with Crippen molar-refractivity contribution in [2.75, 3.05) is 20.2 Å². The van der Waals surface area contributed by atoms with Crippen LogP contribution in [0.2, 0.25) is 0 Å². The highest BCUT2D eigenvalue weighted by Gasteiger charge is 2.28. The van der Waals surface area contributed by atoms with Crippen molar-refractivity contribution in [1.82, 2.24) is 15.2 Å². The number of rotatable bonds is 5. The third kappa shape index (κ3) is 4.93. The van der Waals surface area contributed by atoms with E-state index >= 15 is 0 Å². The number of carbonyl (C=O) groups excluding carboxylic acids is 1. The zero-order chi connectivity index (χ0) is 16.8. The van der Waals surface area contributed by atoms with Gasteiger partial charge in [0.05, 0.1) is 19.3 Å². The zero-order valence-electron chi connectivity index (χ0n) is 14.3. The fourth-order valence-electron chi connectivity index (χ4n) is 3.09. The van der Waals surface area contributed by atoms with Crippen LogP contribution in [0.1, 0.15) is 34.6 Å². The van der Waals surface area contributed by atoms with E-state index < -0.39 is 0 Å². The van der Waals surface area contributed by atoms with Crippen LogP contribution in [0, 0.1) is 0 Å². The monoisotopic (exact) mass is 381 g/mol. The van der Waals surface area contributed by atoms with E-state index in [0.29, 0.717) is 17.2 Å². The summed E-state index contributed by atoms with van der Waals surface area (Å²) in [5, 5.41) is 5.32. The zero-order valence-corrected chi connectivity index (χ0v) is 15.9. The Balaban J connectivity index is 0.00000225.